The maximum absolute atomic E-state index is 12.1. The first-order chi connectivity index (χ1) is 11.7. The molecule has 4 nitrogen and oxygen atoms in total. The van der Waals surface area contributed by atoms with Gasteiger partial charge in [-0.15, -0.1) is 11.3 Å². The zero-order valence-corrected chi connectivity index (χ0v) is 16.8. The van der Waals surface area contributed by atoms with Crippen LogP contribution in [0, 0.1) is 5.41 Å². The number of hydrogen-bond acceptors (Lipinski definition) is 4. The number of esters is 1. The van der Waals surface area contributed by atoms with Crippen molar-refractivity contribution < 1.29 is 9.53 Å². The minimum atomic E-state index is -0.382. The molecule has 134 valence electrons. The number of rotatable bonds is 4. The van der Waals surface area contributed by atoms with Gasteiger partial charge in [-0.2, -0.15) is 0 Å². The lowest BCUT2D eigenvalue weighted by Crippen LogP contribution is -2.43. The van der Waals surface area contributed by atoms with E-state index in [2.05, 4.69) is 38.3 Å². The van der Waals surface area contributed by atoms with Gasteiger partial charge in [-0.3, -0.25) is 0 Å². The molecule has 6 heteroatoms. The van der Waals surface area contributed by atoms with Crippen LogP contribution in [0.3, 0.4) is 0 Å². The van der Waals surface area contributed by atoms with Gasteiger partial charge in [-0.05, 0) is 36.2 Å². The normalized spacial score (nSPS) is 12.4. The molecule has 0 bridgehead atoms. The number of carbonyl (C=O) groups is 1. The molecule has 0 aliphatic heterocycles. The fourth-order valence-electron chi connectivity index (χ4n) is 2.04. The highest BCUT2D eigenvalue weighted by Gasteiger charge is 2.22. The van der Waals surface area contributed by atoms with E-state index in [0.717, 1.165) is 10.4 Å². The molecule has 0 spiro atoms. The summed E-state index contributed by atoms with van der Waals surface area (Å²) in [5.41, 5.74) is 1.60. The number of methoxy groups -OCH3 is 1. The number of thiocarbonyl (C=S) groups is 1. The zero-order chi connectivity index (χ0) is 18.6. The van der Waals surface area contributed by atoms with E-state index < -0.39 is 0 Å². The van der Waals surface area contributed by atoms with Gasteiger partial charge in [-0.25, -0.2) is 4.79 Å². The van der Waals surface area contributed by atoms with Gasteiger partial charge in [0.05, 0.1) is 12.7 Å². The van der Waals surface area contributed by atoms with Crippen LogP contribution >= 0.6 is 23.6 Å². The van der Waals surface area contributed by atoms with Gasteiger partial charge >= 0.3 is 5.97 Å². The van der Waals surface area contributed by atoms with E-state index in [9.17, 15) is 4.79 Å². The minimum absolute atomic E-state index is 0.0710. The van der Waals surface area contributed by atoms with Crippen LogP contribution in [-0.2, 0) is 4.74 Å². The van der Waals surface area contributed by atoms with Crippen LogP contribution in [0.2, 0.25) is 0 Å². The predicted molar refractivity (Wildman–Crippen MR) is 109 cm³/mol. The predicted octanol–water partition coefficient (Wildman–Crippen LogP) is 4.92. The Bertz CT molecular complexity index is 749. The van der Waals surface area contributed by atoms with Gasteiger partial charge in [0.25, 0.3) is 0 Å². The molecule has 1 aromatic carbocycles. The molecule has 1 aromatic heterocycles. The van der Waals surface area contributed by atoms with Gasteiger partial charge in [-0.1, -0.05) is 51.1 Å². The van der Waals surface area contributed by atoms with Gasteiger partial charge in [0.2, 0.25) is 0 Å². The van der Waals surface area contributed by atoms with Crippen molar-refractivity contribution in [2.24, 2.45) is 5.41 Å². The van der Waals surface area contributed by atoms with Crippen LogP contribution in [-0.4, -0.2) is 24.2 Å². The SMILES string of the molecule is COC(=O)c1cc(-c2ccccc2)sc1NC(=S)NC(C)C(C)(C)C. The molecule has 0 saturated carbocycles. The van der Waals surface area contributed by atoms with E-state index in [1.54, 1.807) is 0 Å². The fraction of sp³-hybridized carbons (Fsp3) is 0.368. The van der Waals surface area contributed by atoms with Crippen molar-refractivity contribution >= 4 is 39.6 Å². The monoisotopic (exact) mass is 376 g/mol. The number of thiophene rings is 1. The third-order valence-electron chi connectivity index (χ3n) is 4.07. The van der Waals surface area contributed by atoms with Crippen molar-refractivity contribution in [1.29, 1.82) is 0 Å². The molecule has 0 fully saturated rings. The summed E-state index contributed by atoms with van der Waals surface area (Å²) in [6, 6.07) is 11.9. The number of carbonyl (C=O) groups excluding carboxylic acids is 1. The van der Waals surface area contributed by atoms with Gasteiger partial charge < -0.3 is 15.4 Å². The van der Waals surface area contributed by atoms with Crippen LogP contribution in [0.5, 0.6) is 0 Å². The molecular formula is C19H24N2O2S2. The van der Waals surface area contributed by atoms with Crippen LogP contribution in [0.15, 0.2) is 36.4 Å². The highest BCUT2D eigenvalue weighted by molar-refractivity contribution is 7.80. The summed E-state index contributed by atoms with van der Waals surface area (Å²) in [6.07, 6.45) is 0. The summed E-state index contributed by atoms with van der Waals surface area (Å²) in [7, 11) is 1.38. The van der Waals surface area contributed by atoms with E-state index in [4.69, 9.17) is 17.0 Å². The Hall–Kier alpha value is -1.92. The zero-order valence-electron chi connectivity index (χ0n) is 15.2. The maximum atomic E-state index is 12.1. The van der Waals surface area contributed by atoms with Crippen LogP contribution in [0.1, 0.15) is 38.1 Å². The van der Waals surface area contributed by atoms with Gasteiger partial charge in [0.15, 0.2) is 5.11 Å². The number of hydrogen-bond donors (Lipinski definition) is 2. The third kappa shape index (κ3) is 5.03. The van der Waals surface area contributed by atoms with Crippen molar-refractivity contribution in [3.05, 3.63) is 42.0 Å². The topological polar surface area (TPSA) is 50.4 Å². The molecule has 1 unspecified atom stereocenters. The smallest absolute Gasteiger partial charge is 0.340 e. The summed E-state index contributed by atoms with van der Waals surface area (Å²) in [5.74, 6) is -0.382. The molecule has 1 atom stereocenters. The molecule has 0 aliphatic rings. The lowest BCUT2D eigenvalue weighted by atomic mass is 9.88. The minimum Gasteiger partial charge on any atom is -0.465 e. The fourth-order valence-corrected chi connectivity index (χ4v) is 3.44. The Morgan fingerprint density at radius 1 is 1.24 bits per heavy atom. The first kappa shape index (κ1) is 19.4. The highest BCUT2D eigenvalue weighted by Crippen LogP contribution is 2.35. The van der Waals surface area contributed by atoms with Crippen molar-refractivity contribution in [3.63, 3.8) is 0 Å². The summed E-state index contributed by atoms with van der Waals surface area (Å²) in [6.45, 7) is 8.52. The summed E-state index contributed by atoms with van der Waals surface area (Å²) in [5, 5.41) is 7.61. The average Bonchev–Trinajstić information content (AvgIpc) is 2.97. The molecule has 2 aromatic rings. The molecule has 0 saturated heterocycles. The maximum Gasteiger partial charge on any atom is 0.340 e. The number of nitrogens with one attached hydrogen (secondary N) is 2. The van der Waals surface area contributed by atoms with Gasteiger partial charge in [0, 0.05) is 10.9 Å². The Morgan fingerprint density at radius 3 is 2.44 bits per heavy atom. The molecule has 2 rings (SSSR count). The molecule has 2 N–H and O–H groups in total. The van der Waals surface area contributed by atoms with Crippen molar-refractivity contribution in [1.82, 2.24) is 5.32 Å². The van der Waals surface area contributed by atoms with E-state index in [1.807, 2.05) is 36.4 Å². The van der Waals surface area contributed by atoms with Crippen LogP contribution < -0.4 is 10.6 Å². The standard InChI is InChI=1S/C19H24N2O2S2/c1-12(19(2,3)4)20-18(24)21-16-14(17(22)23-5)11-15(25-16)13-9-7-6-8-10-13/h6-12H,1-5H3,(H2,20,21,24). The summed E-state index contributed by atoms with van der Waals surface area (Å²) < 4.78 is 4.91. The Labute approximate surface area is 158 Å². The van der Waals surface area contributed by atoms with Crippen molar-refractivity contribution in [3.8, 4) is 10.4 Å². The second-order valence-corrected chi connectivity index (χ2v) is 8.36. The Balaban J connectivity index is 2.25. The molecular weight excluding hydrogens is 352 g/mol. The molecule has 1 heterocycles. The molecule has 0 amide bonds. The first-order valence-electron chi connectivity index (χ1n) is 8.07. The molecule has 0 radical (unpaired) electrons. The van der Waals surface area contributed by atoms with Crippen LogP contribution in [0.4, 0.5) is 5.00 Å². The molecule has 25 heavy (non-hydrogen) atoms. The van der Waals surface area contributed by atoms with Crippen LogP contribution in [0.25, 0.3) is 10.4 Å². The Morgan fingerprint density at radius 2 is 1.88 bits per heavy atom. The lowest BCUT2D eigenvalue weighted by Gasteiger charge is -2.29. The highest BCUT2D eigenvalue weighted by atomic mass is 32.1. The summed E-state index contributed by atoms with van der Waals surface area (Å²) >= 11 is 6.90. The van der Waals surface area contributed by atoms with Gasteiger partial charge in [0.1, 0.15) is 5.00 Å². The largest absolute Gasteiger partial charge is 0.465 e. The third-order valence-corrected chi connectivity index (χ3v) is 5.39. The quantitative estimate of drug-likeness (QED) is 0.586. The van der Waals surface area contributed by atoms with E-state index in [-0.39, 0.29) is 17.4 Å². The second-order valence-electron chi connectivity index (χ2n) is 6.90. The lowest BCUT2D eigenvalue weighted by molar-refractivity contribution is 0.0602. The number of ether oxygens (including phenoxy) is 1. The van der Waals surface area contributed by atoms with Crippen molar-refractivity contribution in [2.45, 2.75) is 33.7 Å². The number of benzene rings is 1. The Kier molecular flexibility index (Phi) is 6.19. The number of anilines is 1. The van der Waals surface area contributed by atoms with E-state index >= 15 is 0 Å². The summed E-state index contributed by atoms with van der Waals surface area (Å²) in [4.78, 5) is 13.1. The molecule has 0 aliphatic carbocycles. The van der Waals surface area contributed by atoms with Crippen molar-refractivity contribution in [2.75, 3.05) is 12.4 Å². The average molecular weight is 377 g/mol. The van der Waals surface area contributed by atoms with E-state index in [1.165, 1.54) is 18.4 Å². The first-order valence-corrected chi connectivity index (χ1v) is 9.30. The second kappa shape index (κ2) is 7.97. The van der Waals surface area contributed by atoms with E-state index in [0.29, 0.717) is 15.7 Å².